The zero-order valence-electron chi connectivity index (χ0n) is 10.0. The molecule has 0 amide bonds. The van der Waals surface area contributed by atoms with Crippen LogP contribution in [0.25, 0.3) is 0 Å². The number of hydrogen-bond donors (Lipinski definition) is 1. The van der Waals surface area contributed by atoms with Crippen LogP contribution in [0.5, 0.6) is 11.8 Å². The molecule has 2 aromatic rings. The molecule has 0 aromatic carbocycles. The largest absolute Gasteiger partial charge is 0.477 e. The van der Waals surface area contributed by atoms with Gasteiger partial charge in [-0.25, -0.2) is 14.5 Å². The molecule has 0 unspecified atom stereocenters. The van der Waals surface area contributed by atoms with E-state index in [4.69, 9.17) is 9.84 Å². The second kappa shape index (κ2) is 4.83. The summed E-state index contributed by atoms with van der Waals surface area (Å²) in [7, 11) is 1.27. The lowest BCUT2D eigenvalue weighted by Crippen LogP contribution is -2.06. The average molecular weight is 287 g/mol. The lowest BCUT2D eigenvalue weighted by atomic mass is 10.3. The summed E-state index contributed by atoms with van der Waals surface area (Å²) in [6.45, 7) is 0. The number of hydrogen-bond acceptors (Lipinski definition) is 4. The molecule has 6 nitrogen and oxygen atoms in total. The van der Waals surface area contributed by atoms with Crippen LogP contribution in [0.3, 0.4) is 0 Å². The molecule has 0 spiro atoms. The summed E-state index contributed by atoms with van der Waals surface area (Å²) in [5.74, 6) is -1.61. The molecule has 106 valence electrons. The maximum Gasteiger partial charge on any atom is 0.435 e. The van der Waals surface area contributed by atoms with E-state index in [1.165, 1.54) is 25.2 Å². The average Bonchev–Trinajstić information content (AvgIpc) is 2.71. The third-order valence-electron chi connectivity index (χ3n) is 2.28. The third-order valence-corrected chi connectivity index (χ3v) is 2.28. The highest BCUT2D eigenvalue weighted by Crippen LogP contribution is 2.31. The van der Waals surface area contributed by atoms with Crippen molar-refractivity contribution in [1.29, 1.82) is 0 Å². The van der Waals surface area contributed by atoms with E-state index < -0.39 is 17.8 Å². The molecule has 2 aromatic heterocycles. The molecule has 9 heteroatoms. The summed E-state index contributed by atoms with van der Waals surface area (Å²) < 4.78 is 43.4. The highest BCUT2D eigenvalue weighted by Gasteiger charge is 2.35. The standard InChI is InChI=1S/C11H8F3N3O3/c1-17-9(5-7(16-17)11(12,13)14)20-8-4-2-3-6(15-8)10(18)19/h2-5H,1H3,(H,18,19). The predicted octanol–water partition coefficient (Wildman–Crippen LogP) is 2.32. The number of aryl methyl sites for hydroxylation is 1. The number of aromatic carboxylic acids is 1. The van der Waals surface area contributed by atoms with Gasteiger partial charge < -0.3 is 9.84 Å². The van der Waals surface area contributed by atoms with Gasteiger partial charge in [0, 0.05) is 19.2 Å². The van der Waals surface area contributed by atoms with Crippen molar-refractivity contribution in [1.82, 2.24) is 14.8 Å². The van der Waals surface area contributed by atoms with Crippen LogP contribution >= 0.6 is 0 Å². The van der Waals surface area contributed by atoms with Gasteiger partial charge in [0.25, 0.3) is 0 Å². The summed E-state index contributed by atoms with van der Waals surface area (Å²) in [5.41, 5.74) is -1.38. The number of rotatable bonds is 3. The Kier molecular flexibility index (Phi) is 3.35. The van der Waals surface area contributed by atoms with E-state index in [1.807, 2.05) is 0 Å². The van der Waals surface area contributed by atoms with Gasteiger partial charge in [-0.15, -0.1) is 0 Å². The lowest BCUT2D eigenvalue weighted by Gasteiger charge is -2.04. The Hall–Kier alpha value is -2.58. The Balaban J connectivity index is 2.28. The van der Waals surface area contributed by atoms with E-state index in [9.17, 15) is 18.0 Å². The molecule has 1 N–H and O–H groups in total. The van der Waals surface area contributed by atoms with Crippen LogP contribution in [0.1, 0.15) is 16.2 Å². The van der Waals surface area contributed by atoms with Crippen molar-refractivity contribution >= 4 is 5.97 Å². The molecule has 0 bridgehead atoms. The quantitative estimate of drug-likeness (QED) is 0.937. The summed E-state index contributed by atoms with van der Waals surface area (Å²) in [5, 5.41) is 12.0. The molecular formula is C11H8F3N3O3. The molecule has 0 aliphatic rings. The first-order chi connectivity index (χ1) is 9.27. The van der Waals surface area contributed by atoms with E-state index in [0.717, 1.165) is 4.68 Å². The second-order valence-corrected chi connectivity index (χ2v) is 3.76. The first-order valence-corrected chi connectivity index (χ1v) is 5.27. The molecule has 0 aliphatic heterocycles. The first-order valence-electron chi connectivity index (χ1n) is 5.27. The molecule has 0 radical (unpaired) electrons. The summed E-state index contributed by atoms with van der Waals surface area (Å²) in [6.07, 6.45) is -4.59. The van der Waals surface area contributed by atoms with Gasteiger partial charge in [0.15, 0.2) is 11.4 Å². The monoisotopic (exact) mass is 287 g/mol. The van der Waals surface area contributed by atoms with Gasteiger partial charge in [0.2, 0.25) is 11.8 Å². The number of alkyl halides is 3. The highest BCUT2D eigenvalue weighted by atomic mass is 19.4. The van der Waals surface area contributed by atoms with Crippen LogP contribution in [0.15, 0.2) is 24.3 Å². The van der Waals surface area contributed by atoms with Crippen molar-refractivity contribution in [2.75, 3.05) is 0 Å². The molecule has 2 heterocycles. The fourth-order valence-corrected chi connectivity index (χ4v) is 1.38. The minimum absolute atomic E-state index is 0.137. The molecular weight excluding hydrogens is 279 g/mol. The molecule has 0 atom stereocenters. The highest BCUT2D eigenvalue weighted by molar-refractivity contribution is 5.85. The fourth-order valence-electron chi connectivity index (χ4n) is 1.38. The normalized spacial score (nSPS) is 11.4. The van der Waals surface area contributed by atoms with Crippen LogP contribution in [-0.4, -0.2) is 25.8 Å². The number of aromatic nitrogens is 3. The first kappa shape index (κ1) is 13.8. The van der Waals surface area contributed by atoms with Gasteiger partial charge in [-0.1, -0.05) is 6.07 Å². The Morgan fingerprint density at radius 2 is 2.10 bits per heavy atom. The van der Waals surface area contributed by atoms with Gasteiger partial charge in [-0.3, -0.25) is 0 Å². The number of nitrogens with zero attached hydrogens (tertiary/aromatic N) is 3. The smallest absolute Gasteiger partial charge is 0.435 e. The zero-order chi connectivity index (χ0) is 14.9. The fraction of sp³-hybridized carbons (Fsp3) is 0.182. The number of halogens is 3. The van der Waals surface area contributed by atoms with Crippen molar-refractivity contribution in [3.8, 4) is 11.8 Å². The zero-order valence-corrected chi connectivity index (χ0v) is 10.0. The summed E-state index contributed by atoms with van der Waals surface area (Å²) >= 11 is 0. The van der Waals surface area contributed by atoms with E-state index in [2.05, 4.69) is 10.1 Å². The maximum atomic E-state index is 12.5. The second-order valence-electron chi connectivity index (χ2n) is 3.76. The van der Waals surface area contributed by atoms with E-state index in [-0.39, 0.29) is 17.5 Å². The Morgan fingerprint density at radius 3 is 2.65 bits per heavy atom. The van der Waals surface area contributed by atoms with Crippen molar-refractivity contribution in [3.63, 3.8) is 0 Å². The molecule has 0 fully saturated rings. The van der Waals surface area contributed by atoms with Crippen molar-refractivity contribution in [3.05, 3.63) is 35.7 Å². The summed E-state index contributed by atoms with van der Waals surface area (Å²) in [6, 6.07) is 4.63. The Morgan fingerprint density at radius 1 is 1.40 bits per heavy atom. The lowest BCUT2D eigenvalue weighted by molar-refractivity contribution is -0.141. The van der Waals surface area contributed by atoms with Gasteiger partial charge in [0.05, 0.1) is 0 Å². The number of ether oxygens (including phenoxy) is 1. The van der Waals surface area contributed by atoms with E-state index >= 15 is 0 Å². The van der Waals surface area contributed by atoms with E-state index in [1.54, 1.807) is 0 Å². The van der Waals surface area contributed by atoms with Crippen LogP contribution in [-0.2, 0) is 13.2 Å². The van der Waals surface area contributed by atoms with Crippen molar-refractivity contribution in [2.24, 2.45) is 7.05 Å². The topological polar surface area (TPSA) is 77.2 Å². The van der Waals surface area contributed by atoms with Crippen molar-refractivity contribution in [2.45, 2.75) is 6.18 Å². The van der Waals surface area contributed by atoms with Crippen LogP contribution in [0, 0.1) is 0 Å². The Labute approximate surface area is 110 Å². The summed E-state index contributed by atoms with van der Waals surface area (Å²) in [4.78, 5) is 14.4. The van der Waals surface area contributed by atoms with Crippen LogP contribution in [0.2, 0.25) is 0 Å². The predicted molar refractivity (Wildman–Crippen MR) is 59.5 cm³/mol. The minimum atomic E-state index is -4.59. The number of pyridine rings is 1. The maximum absolute atomic E-state index is 12.5. The Bertz CT molecular complexity index is 652. The van der Waals surface area contributed by atoms with E-state index in [0.29, 0.717) is 6.07 Å². The molecule has 2 rings (SSSR count). The third kappa shape index (κ3) is 2.87. The van der Waals surface area contributed by atoms with Gasteiger partial charge in [-0.05, 0) is 6.07 Å². The van der Waals surface area contributed by atoms with Gasteiger partial charge >= 0.3 is 12.1 Å². The molecule has 20 heavy (non-hydrogen) atoms. The van der Waals surface area contributed by atoms with Crippen LogP contribution in [0.4, 0.5) is 13.2 Å². The van der Waals surface area contributed by atoms with Crippen molar-refractivity contribution < 1.29 is 27.8 Å². The SMILES string of the molecule is Cn1nc(C(F)(F)F)cc1Oc1cccc(C(=O)O)n1. The molecule has 0 saturated carbocycles. The van der Waals surface area contributed by atoms with Gasteiger partial charge in [0.1, 0.15) is 0 Å². The number of carboxylic acid groups (broad SMARTS) is 1. The molecule has 0 aliphatic carbocycles. The molecule has 0 saturated heterocycles. The van der Waals surface area contributed by atoms with Crippen LogP contribution < -0.4 is 4.74 Å². The van der Waals surface area contributed by atoms with Gasteiger partial charge in [-0.2, -0.15) is 18.3 Å². The minimum Gasteiger partial charge on any atom is -0.477 e. The number of carbonyl (C=O) groups is 1. The number of carboxylic acids is 1.